The van der Waals surface area contributed by atoms with Crippen LogP contribution in [-0.4, -0.2) is 51.9 Å². The lowest BCUT2D eigenvalue weighted by Crippen LogP contribution is -2.41. The first-order chi connectivity index (χ1) is 12.3. The molecule has 1 fully saturated rings. The van der Waals surface area contributed by atoms with Gasteiger partial charge in [0.2, 0.25) is 0 Å². The van der Waals surface area contributed by atoms with Crippen molar-refractivity contribution in [3.63, 3.8) is 0 Å². The number of carbonyl (C=O) groups excluding carboxylic acids is 3. The first-order valence-corrected chi connectivity index (χ1v) is 8.61. The second-order valence-electron chi connectivity index (χ2n) is 5.64. The maximum absolute atomic E-state index is 12.3. The zero-order valence-electron chi connectivity index (χ0n) is 14.2. The lowest BCUT2D eigenvalue weighted by Gasteiger charge is -2.21. The molecule has 1 aliphatic heterocycles. The molecule has 9 nitrogen and oxygen atoms in total. The summed E-state index contributed by atoms with van der Waals surface area (Å²) in [6, 6.07) is 4.80. The average Bonchev–Trinajstić information content (AvgIpc) is 3.02. The van der Waals surface area contributed by atoms with E-state index in [1.54, 1.807) is 0 Å². The number of thioether (sulfide) groups is 1. The molecular formula is C16H18N2O7S. The fourth-order valence-electron chi connectivity index (χ4n) is 2.62. The van der Waals surface area contributed by atoms with Crippen molar-refractivity contribution in [2.24, 2.45) is 0 Å². The number of methoxy groups -OCH3 is 1. The standard InChI is InChI=1S/C16H18N2O7S/c1-10(19)26-13-7-14(15(20)24-2)17(8-13)16(21)25-9-11-3-5-12(6-4-11)18(22)23/h3-6,13-14H,7-9H2,1-2H3/t13-,14-/m0/s1. The van der Waals surface area contributed by atoms with E-state index in [1.807, 2.05) is 0 Å². The topological polar surface area (TPSA) is 116 Å². The Bertz CT molecular complexity index is 707. The number of hydrogen-bond donors (Lipinski definition) is 0. The third kappa shape index (κ3) is 4.94. The van der Waals surface area contributed by atoms with E-state index in [9.17, 15) is 24.5 Å². The van der Waals surface area contributed by atoms with E-state index in [2.05, 4.69) is 0 Å². The number of likely N-dealkylation sites (tertiary alicyclic amines) is 1. The molecule has 1 amide bonds. The number of carbonyl (C=O) groups is 3. The Kier molecular flexibility index (Phi) is 6.56. The van der Waals surface area contributed by atoms with E-state index in [-0.39, 0.29) is 29.2 Å². The van der Waals surface area contributed by atoms with Crippen LogP contribution in [0.2, 0.25) is 0 Å². The van der Waals surface area contributed by atoms with Gasteiger partial charge in [-0.15, -0.1) is 0 Å². The van der Waals surface area contributed by atoms with Crippen molar-refractivity contribution in [1.29, 1.82) is 0 Å². The van der Waals surface area contributed by atoms with Gasteiger partial charge in [0.15, 0.2) is 5.12 Å². The Labute approximate surface area is 153 Å². The largest absolute Gasteiger partial charge is 0.467 e. The smallest absolute Gasteiger partial charge is 0.410 e. The number of hydrogen-bond acceptors (Lipinski definition) is 8. The van der Waals surface area contributed by atoms with Crippen LogP contribution in [-0.2, 0) is 25.7 Å². The van der Waals surface area contributed by atoms with Gasteiger partial charge >= 0.3 is 12.1 Å². The van der Waals surface area contributed by atoms with Crippen LogP contribution in [0.15, 0.2) is 24.3 Å². The highest BCUT2D eigenvalue weighted by Gasteiger charge is 2.41. The minimum absolute atomic E-state index is 0.0607. The maximum Gasteiger partial charge on any atom is 0.410 e. The van der Waals surface area contributed by atoms with Crippen molar-refractivity contribution in [1.82, 2.24) is 4.90 Å². The molecule has 2 atom stereocenters. The van der Waals surface area contributed by atoms with Gasteiger partial charge in [-0.3, -0.25) is 19.8 Å². The highest BCUT2D eigenvalue weighted by Crippen LogP contribution is 2.29. The summed E-state index contributed by atoms with van der Waals surface area (Å²) in [5.74, 6) is -0.566. The number of nitrogens with zero attached hydrogens (tertiary/aromatic N) is 2. The van der Waals surface area contributed by atoms with Crippen LogP contribution in [0.5, 0.6) is 0 Å². The van der Waals surface area contributed by atoms with Gasteiger partial charge in [0, 0.05) is 30.9 Å². The van der Waals surface area contributed by atoms with Crippen molar-refractivity contribution in [2.45, 2.75) is 31.2 Å². The lowest BCUT2D eigenvalue weighted by atomic mass is 10.2. The van der Waals surface area contributed by atoms with Gasteiger partial charge in [-0.2, -0.15) is 0 Å². The second-order valence-corrected chi connectivity index (χ2v) is 7.11. The SMILES string of the molecule is COC(=O)[C@@H]1C[C@H](SC(C)=O)CN1C(=O)OCc1ccc([N+](=O)[O-])cc1. The zero-order valence-corrected chi connectivity index (χ0v) is 15.1. The minimum Gasteiger partial charge on any atom is -0.467 e. The number of nitro groups is 1. The number of esters is 1. The molecule has 0 radical (unpaired) electrons. The molecule has 0 unspecified atom stereocenters. The molecule has 140 valence electrons. The highest BCUT2D eigenvalue weighted by atomic mass is 32.2. The van der Waals surface area contributed by atoms with Gasteiger partial charge in [-0.05, 0) is 24.1 Å². The molecular weight excluding hydrogens is 364 g/mol. The summed E-state index contributed by atoms with van der Waals surface area (Å²) in [6.45, 7) is 1.53. The van der Waals surface area contributed by atoms with Gasteiger partial charge < -0.3 is 9.47 Å². The molecule has 10 heteroatoms. The Morgan fingerprint density at radius 3 is 2.50 bits per heavy atom. The van der Waals surface area contributed by atoms with E-state index in [0.717, 1.165) is 11.8 Å². The molecule has 0 aromatic heterocycles. The predicted octanol–water partition coefficient (Wildman–Crippen LogP) is 2.13. The highest BCUT2D eigenvalue weighted by molar-refractivity contribution is 8.14. The third-order valence-corrected chi connectivity index (χ3v) is 4.82. The predicted molar refractivity (Wildman–Crippen MR) is 92.5 cm³/mol. The first-order valence-electron chi connectivity index (χ1n) is 7.73. The lowest BCUT2D eigenvalue weighted by molar-refractivity contribution is -0.384. The molecule has 1 aliphatic rings. The molecule has 0 saturated carbocycles. The fraction of sp³-hybridized carbons (Fsp3) is 0.438. The van der Waals surface area contributed by atoms with Gasteiger partial charge in [0.1, 0.15) is 12.6 Å². The van der Waals surface area contributed by atoms with Crippen LogP contribution < -0.4 is 0 Å². The molecule has 1 aromatic carbocycles. The Hall–Kier alpha value is -2.62. The summed E-state index contributed by atoms with van der Waals surface area (Å²) in [4.78, 5) is 46.9. The third-order valence-electron chi connectivity index (χ3n) is 3.81. The fourth-order valence-corrected chi connectivity index (χ4v) is 3.60. The quantitative estimate of drug-likeness (QED) is 0.432. The summed E-state index contributed by atoms with van der Waals surface area (Å²) in [6.07, 6.45) is -0.394. The minimum atomic E-state index is -0.804. The molecule has 26 heavy (non-hydrogen) atoms. The number of amides is 1. The summed E-state index contributed by atoms with van der Waals surface area (Å²) in [5, 5.41) is 10.3. The van der Waals surface area contributed by atoms with Crippen LogP contribution in [0.25, 0.3) is 0 Å². The Morgan fingerprint density at radius 2 is 1.96 bits per heavy atom. The van der Waals surface area contributed by atoms with Crippen molar-refractivity contribution in [3.8, 4) is 0 Å². The number of rotatable bonds is 5. The Balaban J connectivity index is 2.00. The van der Waals surface area contributed by atoms with Crippen molar-refractivity contribution >= 4 is 34.6 Å². The van der Waals surface area contributed by atoms with Gasteiger partial charge in [-0.1, -0.05) is 11.8 Å². The summed E-state index contributed by atoms with van der Waals surface area (Å²) < 4.78 is 9.93. The normalized spacial score (nSPS) is 19.1. The van der Waals surface area contributed by atoms with E-state index < -0.39 is 23.0 Å². The molecule has 0 bridgehead atoms. The molecule has 1 aromatic rings. The van der Waals surface area contributed by atoms with E-state index in [1.165, 1.54) is 43.2 Å². The van der Waals surface area contributed by atoms with E-state index in [0.29, 0.717) is 12.0 Å². The van der Waals surface area contributed by atoms with E-state index in [4.69, 9.17) is 9.47 Å². The summed E-state index contributed by atoms with van der Waals surface area (Å²) >= 11 is 1.07. The maximum atomic E-state index is 12.3. The van der Waals surface area contributed by atoms with E-state index >= 15 is 0 Å². The summed E-state index contributed by atoms with van der Waals surface area (Å²) in [5.41, 5.74) is 0.516. The number of non-ortho nitro benzene ring substituents is 1. The van der Waals surface area contributed by atoms with Crippen LogP contribution in [0, 0.1) is 10.1 Å². The molecule has 0 spiro atoms. The molecule has 2 rings (SSSR count). The van der Waals surface area contributed by atoms with Gasteiger partial charge in [0.25, 0.3) is 5.69 Å². The average molecular weight is 382 g/mol. The summed E-state index contributed by atoms with van der Waals surface area (Å²) in [7, 11) is 1.23. The molecule has 0 N–H and O–H groups in total. The molecule has 1 saturated heterocycles. The Morgan fingerprint density at radius 1 is 1.31 bits per heavy atom. The van der Waals surface area contributed by atoms with Crippen LogP contribution in [0.1, 0.15) is 18.9 Å². The number of ether oxygens (including phenoxy) is 2. The van der Waals surface area contributed by atoms with Crippen molar-refractivity contribution in [3.05, 3.63) is 39.9 Å². The first kappa shape index (κ1) is 19.7. The molecule has 0 aliphatic carbocycles. The van der Waals surface area contributed by atoms with Crippen molar-refractivity contribution in [2.75, 3.05) is 13.7 Å². The van der Waals surface area contributed by atoms with Crippen LogP contribution in [0.4, 0.5) is 10.5 Å². The number of nitro benzene ring substituents is 1. The number of benzene rings is 1. The van der Waals surface area contributed by atoms with Gasteiger partial charge in [0.05, 0.1) is 12.0 Å². The molecule has 1 heterocycles. The second kappa shape index (κ2) is 8.65. The monoisotopic (exact) mass is 382 g/mol. The van der Waals surface area contributed by atoms with Crippen molar-refractivity contribution < 1.29 is 28.8 Å². The zero-order chi connectivity index (χ0) is 19.3. The van der Waals surface area contributed by atoms with Crippen LogP contribution >= 0.6 is 11.8 Å². The van der Waals surface area contributed by atoms with Crippen LogP contribution in [0.3, 0.4) is 0 Å². The van der Waals surface area contributed by atoms with Gasteiger partial charge in [-0.25, -0.2) is 9.59 Å².